The molecule has 2 aromatic rings. The lowest BCUT2D eigenvalue weighted by atomic mass is 9.82. The highest BCUT2D eigenvalue weighted by Gasteiger charge is 2.42. The number of nitrogens with one attached hydrogen (secondary N) is 1. The second kappa shape index (κ2) is 8.48. The van der Waals surface area contributed by atoms with Crippen molar-refractivity contribution in [1.82, 2.24) is 9.03 Å². The van der Waals surface area contributed by atoms with E-state index in [1.54, 1.807) is 12.1 Å². The summed E-state index contributed by atoms with van der Waals surface area (Å²) in [7, 11) is -3.60. The van der Waals surface area contributed by atoms with Gasteiger partial charge in [-0.2, -0.15) is 12.7 Å². The molecule has 0 bridgehead atoms. The van der Waals surface area contributed by atoms with Gasteiger partial charge in [-0.1, -0.05) is 42.5 Å². The van der Waals surface area contributed by atoms with Gasteiger partial charge >= 0.3 is 0 Å². The van der Waals surface area contributed by atoms with Gasteiger partial charge in [0, 0.05) is 25.0 Å². The molecule has 0 aliphatic carbocycles. The van der Waals surface area contributed by atoms with Crippen molar-refractivity contribution in [3.05, 3.63) is 71.5 Å². The predicted octanol–water partition coefficient (Wildman–Crippen LogP) is 2.13. The monoisotopic (exact) mass is 392 g/mol. The zero-order chi connectivity index (χ0) is 19.3. The molecule has 146 valence electrons. The molecule has 1 saturated heterocycles. The summed E-state index contributed by atoms with van der Waals surface area (Å²) in [5.41, 5.74) is 1.43. The third kappa shape index (κ3) is 5.13. The second-order valence-corrected chi connectivity index (χ2v) is 8.94. The Hall–Kier alpha value is -1.80. The average molecular weight is 392 g/mol. The van der Waals surface area contributed by atoms with Crippen LogP contribution in [0.4, 0.5) is 4.39 Å². The summed E-state index contributed by atoms with van der Waals surface area (Å²) in [6.07, 6.45) is 1.70. The van der Waals surface area contributed by atoms with E-state index in [9.17, 15) is 17.9 Å². The summed E-state index contributed by atoms with van der Waals surface area (Å²) in [6.45, 7) is 0.831. The maximum Gasteiger partial charge on any atom is 0.279 e. The number of rotatable bonds is 8. The van der Waals surface area contributed by atoms with Crippen LogP contribution in [0.1, 0.15) is 17.5 Å². The van der Waals surface area contributed by atoms with Crippen LogP contribution >= 0.6 is 0 Å². The van der Waals surface area contributed by atoms with E-state index < -0.39 is 15.6 Å². The van der Waals surface area contributed by atoms with Gasteiger partial charge in [-0.05, 0) is 42.5 Å². The van der Waals surface area contributed by atoms with E-state index in [4.69, 9.17) is 0 Å². The fourth-order valence-corrected chi connectivity index (χ4v) is 4.84. The highest BCUT2D eigenvalue weighted by Crippen LogP contribution is 2.35. The van der Waals surface area contributed by atoms with E-state index in [-0.39, 0.29) is 19.0 Å². The molecule has 2 aromatic carbocycles. The molecule has 1 heterocycles. The van der Waals surface area contributed by atoms with E-state index in [0.717, 1.165) is 11.1 Å². The molecule has 1 aliphatic heterocycles. The molecule has 1 fully saturated rings. The summed E-state index contributed by atoms with van der Waals surface area (Å²) in [6, 6.07) is 15.8. The Bertz CT molecular complexity index is 843. The average Bonchev–Trinajstić information content (AvgIpc) is 3.10. The van der Waals surface area contributed by atoms with Gasteiger partial charge in [-0.25, -0.2) is 9.11 Å². The van der Waals surface area contributed by atoms with E-state index in [0.29, 0.717) is 32.4 Å². The second-order valence-electron chi connectivity index (χ2n) is 7.18. The Balaban J connectivity index is 1.59. The topological polar surface area (TPSA) is 69.6 Å². The maximum absolute atomic E-state index is 13.1. The molecule has 2 N–H and O–H groups in total. The van der Waals surface area contributed by atoms with Gasteiger partial charge in [-0.15, -0.1) is 0 Å². The van der Waals surface area contributed by atoms with Crippen LogP contribution < -0.4 is 4.72 Å². The predicted molar refractivity (Wildman–Crippen MR) is 103 cm³/mol. The quantitative estimate of drug-likeness (QED) is 0.723. The van der Waals surface area contributed by atoms with Gasteiger partial charge in [0.05, 0.1) is 6.61 Å². The van der Waals surface area contributed by atoms with Crippen molar-refractivity contribution in [2.45, 2.75) is 19.3 Å². The molecule has 1 aliphatic rings. The summed E-state index contributed by atoms with van der Waals surface area (Å²) in [5, 5.41) is 9.92. The number of aliphatic hydroxyl groups excluding tert-OH is 1. The van der Waals surface area contributed by atoms with Crippen LogP contribution in [0.25, 0.3) is 0 Å². The van der Waals surface area contributed by atoms with Crippen LogP contribution in [0.2, 0.25) is 0 Å². The Morgan fingerprint density at radius 3 is 2.44 bits per heavy atom. The first kappa shape index (κ1) is 19.9. The Morgan fingerprint density at radius 1 is 1.07 bits per heavy atom. The number of hydrogen-bond donors (Lipinski definition) is 2. The minimum absolute atomic E-state index is 0.111. The number of benzene rings is 2. The first-order valence-electron chi connectivity index (χ1n) is 9.06. The van der Waals surface area contributed by atoms with Gasteiger partial charge in [0.25, 0.3) is 10.2 Å². The van der Waals surface area contributed by atoms with Crippen LogP contribution in [0.15, 0.2) is 54.6 Å². The highest BCUT2D eigenvalue weighted by atomic mass is 32.2. The van der Waals surface area contributed by atoms with Crippen LogP contribution in [0, 0.1) is 11.2 Å². The fraction of sp³-hybridized carbons (Fsp3) is 0.400. The van der Waals surface area contributed by atoms with Crippen LogP contribution in [-0.2, 0) is 23.1 Å². The van der Waals surface area contributed by atoms with Gasteiger partial charge in [0.1, 0.15) is 5.82 Å². The van der Waals surface area contributed by atoms with E-state index in [1.165, 1.54) is 16.4 Å². The Morgan fingerprint density at radius 2 is 1.78 bits per heavy atom. The largest absolute Gasteiger partial charge is 0.396 e. The van der Waals surface area contributed by atoms with E-state index >= 15 is 0 Å². The van der Waals surface area contributed by atoms with Crippen LogP contribution in [0.5, 0.6) is 0 Å². The van der Waals surface area contributed by atoms with E-state index in [2.05, 4.69) is 4.72 Å². The van der Waals surface area contributed by atoms with Crippen molar-refractivity contribution in [3.63, 3.8) is 0 Å². The standard InChI is InChI=1S/C20H25FN2O3S/c21-19-8-6-18(7-9-19)14-20(16-24)11-13-23(15-20)27(25,26)22-12-10-17-4-2-1-3-5-17/h1-9,22,24H,10-16H2. The SMILES string of the molecule is O=S(=O)(NCCc1ccccc1)N1CCC(CO)(Cc2ccc(F)cc2)C1. The molecule has 7 heteroatoms. The summed E-state index contributed by atoms with van der Waals surface area (Å²) < 4.78 is 42.4. The summed E-state index contributed by atoms with van der Waals surface area (Å²) in [4.78, 5) is 0. The third-order valence-corrected chi connectivity index (χ3v) is 6.67. The molecule has 0 aromatic heterocycles. The molecule has 1 unspecified atom stereocenters. The third-order valence-electron chi connectivity index (χ3n) is 5.11. The lowest BCUT2D eigenvalue weighted by Gasteiger charge is -2.27. The number of halogens is 1. The van der Waals surface area contributed by atoms with Crippen molar-refractivity contribution in [3.8, 4) is 0 Å². The number of hydrogen-bond acceptors (Lipinski definition) is 3. The zero-order valence-corrected chi connectivity index (χ0v) is 16.0. The van der Waals surface area contributed by atoms with Crippen molar-refractivity contribution < 1.29 is 17.9 Å². The first-order valence-corrected chi connectivity index (χ1v) is 10.5. The Kier molecular flexibility index (Phi) is 6.26. The first-order chi connectivity index (χ1) is 12.9. The molecule has 3 rings (SSSR count). The van der Waals surface area contributed by atoms with Gasteiger partial charge < -0.3 is 5.11 Å². The number of aliphatic hydroxyl groups is 1. The maximum atomic E-state index is 13.1. The van der Waals surface area contributed by atoms with E-state index in [1.807, 2.05) is 30.3 Å². The van der Waals surface area contributed by atoms with Crippen molar-refractivity contribution in [2.24, 2.45) is 5.41 Å². The Labute approximate surface area is 160 Å². The normalized spacial score (nSPS) is 20.8. The smallest absolute Gasteiger partial charge is 0.279 e. The number of nitrogens with zero attached hydrogens (tertiary/aromatic N) is 1. The molecule has 0 saturated carbocycles. The van der Waals surface area contributed by atoms with Crippen molar-refractivity contribution in [1.29, 1.82) is 0 Å². The molecule has 1 atom stereocenters. The summed E-state index contributed by atoms with van der Waals surface area (Å²) >= 11 is 0. The minimum Gasteiger partial charge on any atom is -0.396 e. The molecule has 0 radical (unpaired) electrons. The lowest BCUT2D eigenvalue weighted by molar-refractivity contribution is 0.137. The van der Waals surface area contributed by atoms with Crippen LogP contribution in [-0.4, -0.2) is 44.1 Å². The zero-order valence-electron chi connectivity index (χ0n) is 15.1. The van der Waals surface area contributed by atoms with Crippen molar-refractivity contribution >= 4 is 10.2 Å². The lowest BCUT2D eigenvalue weighted by Crippen LogP contribution is -2.42. The van der Waals surface area contributed by atoms with Crippen LogP contribution in [0.3, 0.4) is 0 Å². The molecule has 0 spiro atoms. The van der Waals surface area contributed by atoms with Gasteiger partial charge in [0.2, 0.25) is 0 Å². The molecule has 5 nitrogen and oxygen atoms in total. The van der Waals surface area contributed by atoms with Gasteiger partial charge in [0.15, 0.2) is 0 Å². The molecular formula is C20H25FN2O3S. The van der Waals surface area contributed by atoms with Gasteiger partial charge in [-0.3, -0.25) is 0 Å². The molecule has 0 amide bonds. The molecule has 27 heavy (non-hydrogen) atoms. The molecular weight excluding hydrogens is 367 g/mol. The summed E-state index contributed by atoms with van der Waals surface area (Å²) in [5.74, 6) is -0.310. The minimum atomic E-state index is -3.60. The highest BCUT2D eigenvalue weighted by molar-refractivity contribution is 7.87. The fourth-order valence-electron chi connectivity index (χ4n) is 3.52. The van der Waals surface area contributed by atoms with Crippen molar-refractivity contribution in [2.75, 3.05) is 26.2 Å².